The molecule has 19 heavy (non-hydrogen) atoms. The maximum Gasteiger partial charge on any atom is 0.310 e. The van der Waals surface area contributed by atoms with Crippen LogP contribution in [0.2, 0.25) is 0 Å². The van der Waals surface area contributed by atoms with Crippen molar-refractivity contribution >= 4 is 11.9 Å². The second-order valence-corrected chi connectivity index (χ2v) is 4.75. The molecule has 0 saturated heterocycles. The molecule has 0 aromatic heterocycles. The first-order valence-electron chi connectivity index (χ1n) is 5.66. The van der Waals surface area contributed by atoms with Crippen LogP contribution in [0.1, 0.15) is 24.2 Å². The van der Waals surface area contributed by atoms with Gasteiger partial charge in [-0.1, -0.05) is 0 Å². The topological polar surface area (TPSA) is 95.9 Å². The van der Waals surface area contributed by atoms with Gasteiger partial charge in [0, 0.05) is 12.6 Å². The summed E-state index contributed by atoms with van der Waals surface area (Å²) >= 11 is 0. The van der Waals surface area contributed by atoms with Crippen LogP contribution in [0.5, 0.6) is 11.5 Å². The molecular weight excluding hydrogens is 250 g/mol. The Bertz CT molecular complexity index is 496. The Hall–Kier alpha value is -2.24. The fourth-order valence-corrected chi connectivity index (χ4v) is 1.30. The zero-order chi connectivity index (χ0) is 14.6. The number of nitrogens with one attached hydrogen (secondary N) is 1. The van der Waals surface area contributed by atoms with Crippen LogP contribution < -0.4 is 10.1 Å². The first kappa shape index (κ1) is 14.8. The van der Waals surface area contributed by atoms with Gasteiger partial charge in [0.15, 0.2) is 0 Å². The highest BCUT2D eigenvalue weighted by Gasteiger charge is 2.28. The van der Waals surface area contributed by atoms with Crippen LogP contribution >= 0.6 is 0 Å². The Morgan fingerprint density at radius 3 is 2.47 bits per heavy atom. The summed E-state index contributed by atoms with van der Waals surface area (Å²) in [4.78, 5) is 22.7. The van der Waals surface area contributed by atoms with Gasteiger partial charge in [0.2, 0.25) is 0 Å². The van der Waals surface area contributed by atoms with Crippen LogP contribution in [0.15, 0.2) is 18.2 Å². The number of rotatable bonds is 5. The zero-order valence-corrected chi connectivity index (χ0v) is 11.1. The molecule has 0 fully saturated rings. The number of carboxylic acid groups (broad SMARTS) is 1. The number of carboxylic acids is 1. The van der Waals surface area contributed by atoms with Crippen molar-refractivity contribution in [1.29, 1.82) is 0 Å². The van der Waals surface area contributed by atoms with E-state index in [0.717, 1.165) is 0 Å². The van der Waals surface area contributed by atoms with E-state index in [1.54, 1.807) is 0 Å². The van der Waals surface area contributed by atoms with E-state index in [4.69, 9.17) is 9.84 Å². The number of aliphatic carboxylic acids is 1. The molecule has 0 saturated carbocycles. The Kier molecular flexibility index (Phi) is 4.37. The lowest BCUT2D eigenvalue weighted by Crippen LogP contribution is -2.38. The van der Waals surface area contributed by atoms with Crippen LogP contribution in [0.3, 0.4) is 0 Å². The van der Waals surface area contributed by atoms with Crippen molar-refractivity contribution < 1.29 is 24.5 Å². The van der Waals surface area contributed by atoms with E-state index in [2.05, 4.69) is 5.32 Å². The van der Waals surface area contributed by atoms with Gasteiger partial charge in [-0.15, -0.1) is 0 Å². The number of phenolic OH excluding ortho intramolecular Hbond substituents is 1. The third-order valence-corrected chi connectivity index (χ3v) is 2.72. The summed E-state index contributed by atoms with van der Waals surface area (Å²) in [6.07, 6.45) is 0. The largest absolute Gasteiger partial charge is 0.507 e. The Morgan fingerprint density at radius 2 is 2.00 bits per heavy atom. The second-order valence-electron chi connectivity index (χ2n) is 4.75. The minimum absolute atomic E-state index is 0.0351. The van der Waals surface area contributed by atoms with Gasteiger partial charge in [0.1, 0.15) is 11.5 Å². The van der Waals surface area contributed by atoms with Crippen LogP contribution in [0, 0.1) is 5.41 Å². The van der Waals surface area contributed by atoms with Crippen LogP contribution in [-0.4, -0.2) is 35.7 Å². The number of phenols is 1. The molecular formula is C13H17NO5. The van der Waals surface area contributed by atoms with E-state index in [1.807, 2.05) is 0 Å². The van der Waals surface area contributed by atoms with Crippen molar-refractivity contribution in [3.8, 4) is 11.5 Å². The quantitative estimate of drug-likeness (QED) is 0.746. The molecule has 1 amide bonds. The predicted octanol–water partition coefficient (Wildman–Crippen LogP) is 1.24. The molecule has 1 aromatic rings. The highest BCUT2D eigenvalue weighted by atomic mass is 16.5. The molecule has 0 aliphatic heterocycles. The average molecular weight is 267 g/mol. The van der Waals surface area contributed by atoms with E-state index in [1.165, 1.54) is 39.2 Å². The highest BCUT2D eigenvalue weighted by molar-refractivity contribution is 5.97. The van der Waals surface area contributed by atoms with Gasteiger partial charge in [0.05, 0.1) is 18.1 Å². The standard InChI is InChI=1S/C13H17NO5/c1-13(2,12(17)18)7-14-11(16)9-5-4-8(19-3)6-10(9)15/h4-6,15H,7H2,1-3H3,(H,14,16)(H,17,18). The number of benzene rings is 1. The second kappa shape index (κ2) is 5.60. The molecule has 0 aliphatic rings. The average Bonchev–Trinajstić information content (AvgIpc) is 2.35. The normalized spacial score (nSPS) is 10.9. The van der Waals surface area contributed by atoms with Crippen molar-refractivity contribution in [2.75, 3.05) is 13.7 Å². The molecule has 6 nitrogen and oxygen atoms in total. The van der Waals surface area contributed by atoms with E-state index < -0.39 is 17.3 Å². The highest BCUT2D eigenvalue weighted by Crippen LogP contribution is 2.23. The summed E-state index contributed by atoms with van der Waals surface area (Å²) < 4.78 is 4.91. The third-order valence-electron chi connectivity index (χ3n) is 2.72. The van der Waals surface area contributed by atoms with Crippen molar-refractivity contribution in [3.05, 3.63) is 23.8 Å². The zero-order valence-electron chi connectivity index (χ0n) is 11.1. The Balaban J connectivity index is 2.77. The molecule has 0 atom stereocenters. The van der Waals surface area contributed by atoms with Crippen molar-refractivity contribution in [3.63, 3.8) is 0 Å². The summed E-state index contributed by atoms with van der Waals surface area (Å²) in [5, 5.41) is 21.1. The molecule has 3 N–H and O–H groups in total. The van der Waals surface area contributed by atoms with Crippen molar-refractivity contribution in [2.45, 2.75) is 13.8 Å². The molecule has 0 unspecified atom stereocenters. The van der Waals surface area contributed by atoms with Gasteiger partial charge in [-0.25, -0.2) is 0 Å². The first-order chi connectivity index (χ1) is 8.77. The number of hydrogen-bond acceptors (Lipinski definition) is 4. The van der Waals surface area contributed by atoms with Gasteiger partial charge in [-0.3, -0.25) is 9.59 Å². The number of methoxy groups -OCH3 is 1. The number of ether oxygens (including phenoxy) is 1. The van der Waals surface area contributed by atoms with Crippen LogP contribution in [0.25, 0.3) is 0 Å². The maximum atomic E-state index is 11.8. The molecule has 1 aromatic carbocycles. The third kappa shape index (κ3) is 3.61. The summed E-state index contributed by atoms with van der Waals surface area (Å²) in [7, 11) is 1.45. The summed E-state index contributed by atoms with van der Waals surface area (Å²) in [5.41, 5.74) is -1.00. The van der Waals surface area contributed by atoms with Gasteiger partial charge < -0.3 is 20.3 Å². The lowest BCUT2D eigenvalue weighted by atomic mass is 9.94. The number of carbonyl (C=O) groups is 2. The predicted molar refractivity (Wildman–Crippen MR) is 68.4 cm³/mol. The summed E-state index contributed by atoms with van der Waals surface area (Å²) in [6, 6.07) is 4.27. The van der Waals surface area contributed by atoms with E-state index >= 15 is 0 Å². The number of aromatic hydroxyl groups is 1. The molecule has 0 heterocycles. The van der Waals surface area contributed by atoms with Gasteiger partial charge in [-0.05, 0) is 26.0 Å². The SMILES string of the molecule is COc1ccc(C(=O)NCC(C)(C)C(=O)O)c(O)c1. The lowest BCUT2D eigenvalue weighted by Gasteiger charge is -2.19. The Labute approximate surface area is 111 Å². The van der Waals surface area contributed by atoms with Crippen molar-refractivity contribution in [2.24, 2.45) is 5.41 Å². The summed E-state index contributed by atoms with van der Waals surface area (Å²) in [6.45, 7) is 2.97. The Morgan fingerprint density at radius 1 is 1.37 bits per heavy atom. The number of carbonyl (C=O) groups excluding carboxylic acids is 1. The fraction of sp³-hybridized carbons (Fsp3) is 0.385. The van der Waals surface area contributed by atoms with Crippen LogP contribution in [0.4, 0.5) is 0 Å². The number of amides is 1. The fourth-order valence-electron chi connectivity index (χ4n) is 1.30. The molecule has 0 aliphatic carbocycles. The summed E-state index contributed by atoms with van der Waals surface area (Å²) in [5.74, 6) is -1.33. The minimum Gasteiger partial charge on any atom is -0.507 e. The molecule has 0 spiro atoms. The molecule has 1 rings (SSSR count). The van der Waals surface area contributed by atoms with E-state index in [0.29, 0.717) is 5.75 Å². The van der Waals surface area contributed by atoms with Gasteiger partial charge in [0.25, 0.3) is 5.91 Å². The van der Waals surface area contributed by atoms with E-state index in [-0.39, 0.29) is 17.9 Å². The van der Waals surface area contributed by atoms with E-state index in [9.17, 15) is 14.7 Å². The lowest BCUT2D eigenvalue weighted by molar-refractivity contribution is -0.146. The molecule has 104 valence electrons. The van der Waals surface area contributed by atoms with Crippen LogP contribution in [-0.2, 0) is 4.79 Å². The first-order valence-corrected chi connectivity index (χ1v) is 5.66. The van der Waals surface area contributed by atoms with Gasteiger partial charge >= 0.3 is 5.97 Å². The molecule has 0 radical (unpaired) electrons. The molecule has 0 bridgehead atoms. The van der Waals surface area contributed by atoms with Crippen molar-refractivity contribution in [1.82, 2.24) is 5.32 Å². The molecule has 6 heteroatoms. The maximum absolute atomic E-state index is 11.8. The van der Waals surface area contributed by atoms with Gasteiger partial charge in [-0.2, -0.15) is 0 Å². The monoisotopic (exact) mass is 267 g/mol. The minimum atomic E-state index is -1.07. The number of hydrogen-bond donors (Lipinski definition) is 3. The smallest absolute Gasteiger partial charge is 0.310 e.